The number of anilines is 1. The van der Waals surface area contributed by atoms with Gasteiger partial charge in [0.1, 0.15) is 5.75 Å². The van der Waals surface area contributed by atoms with Gasteiger partial charge in [0, 0.05) is 7.05 Å². The van der Waals surface area contributed by atoms with Crippen molar-refractivity contribution >= 4 is 17.6 Å². The zero-order chi connectivity index (χ0) is 15.1. The minimum absolute atomic E-state index is 0.117. The second kappa shape index (κ2) is 4.81. The Morgan fingerprint density at radius 3 is 2.70 bits per heavy atom. The highest BCUT2D eigenvalue weighted by atomic mass is 16.5. The van der Waals surface area contributed by atoms with Crippen molar-refractivity contribution in [2.75, 3.05) is 11.9 Å². The quantitative estimate of drug-likeness (QED) is 0.918. The Kier molecular flexibility index (Phi) is 3.46. The highest BCUT2D eigenvalue weighted by Crippen LogP contribution is 2.37. The fourth-order valence-electron chi connectivity index (χ4n) is 2.31. The lowest BCUT2D eigenvalue weighted by Crippen LogP contribution is -2.50. The molecule has 1 aliphatic heterocycles. The molecule has 1 heterocycles. The van der Waals surface area contributed by atoms with Crippen molar-refractivity contribution in [2.45, 2.75) is 32.8 Å². The molecule has 2 rings (SSSR count). The molecule has 5 nitrogen and oxygen atoms in total. The van der Waals surface area contributed by atoms with Gasteiger partial charge in [-0.1, -0.05) is 13.0 Å². The zero-order valence-electron chi connectivity index (χ0n) is 12.1. The maximum absolute atomic E-state index is 12.2. The molecule has 0 spiro atoms. The van der Waals surface area contributed by atoms with Gasteiger partial charge >= 0.3 is 5.97 Å². The lowest BCUT2D eigenvalue weighted by atomic mass is 9.98. The Hall–Kier alpha value is -2.04. The summed E-state index contributed by atoms with van der Waals surface area (Å²) in [5.74, 6) is -0.767. The summed E-state index contributed by atoms with van der Waals surface area (Å²) in [6.07, 6.45) is 0.425. The SMILES string of the molecule is CC(Cc1ccc2c(c1)N(C)C(=O)C(C)(C)O2)C(=O)O. The van der Waals surface area contributed by atoms with E-state index in [1.807, 2.05) is 12.1 Å². The van der Waals surface area contributed by atoms with Crippen molar-refractivity contribution in [3.63, 3.8) is 0 Å². The van der Waals surface area contributed by atoms with E-state index in [1.54, 1.807) is 38.8 Å². The second-order valence-electron chi connectivity index (χ2n) is 5.72. The average Bonchev–Trinajstić information content (AvgIpc) is 2.37. The van der Waals surface area contributed by atoms with Crippen LogP contribution < -0.4 is 9.64 Å². The number of ether oxygens (including phenoxy) is 1. The summed E-state index contributed by atoms with van der Waals surface area (Å²) in [5, 5.41) is 8.96. The van der Waals surface area contributed by atoms with Crippen LogP contribution in [0.5, 0.6) is 5.75 Å². The molecule has 0 aliphatic carbocycles. The van der Waals surface area contributed by atoms with Crippen LogP contribution in [0.25, 0.3) is 0 Å². The molecule has 0 bridgehead atoms. The maximum atomic E-state index is 12.2. The van der Waals surface area contributed by atoms with E-state index in [0.29, 0.717) is 17.9 Å². The summed E-state index contributed by atoms with van der Waals surface area (Å²) >= 11 is 0. The van der Waals surface area contributed by atoms with Crippen LogP contribution in [0, 0.1) is 5.92 Å². The van der Waals surface area contributed by atoms with Crippen molar-refractivity contribution in [3.8, 4) is 5.75 Å². The number of nitrogens with zero attached hydrogens (tertiary/aromatic N) is 1. The van der Waals surface area contributed by atoms with E-state index in [-0.39, 0.29) is 5.91 Å². The molecule has 1 aromatic rings. The number of aliphatic carboxylic acids is 1. The number of likely N-dealkylation sites (N-methyl/N-ethyl adjacent to an activating group) is 1. The number of fused-ring (bicyclic) bond motifs is 1. The van der Waals surface area contributed by atoms with E-state index < -0.39 is 17.5 Å². The summed E-state index contributed by atoms with van der Waals surface area (Å²) in [4.78, 5) is 24.6. The molecule has 1 amide bonds. The summed E-state index contributed by atoms with van der Waals surface area (Å²) < 4.78 is 5.70. The standard InChI is InChI=1S/C15H19NO4/c1-9(13(17)18)7-10-5-6-12-11(8-10)16(4)14(19)15(2,3)20-12/h5-6,8-9H,7H2,1-4H3,(H,17,18). The first kappa shape index (κ1) is 14.4. The van der Waals surface area contributed by atoms with Crippen molar-refractivity contribution in [2.24, 2.45) is 5.92 Å². The fourth-order valence-corrected chi connectivity index (χ4v) is 2.31. The van der Waals surface area contributed by atoms with Crippen LogP contribution in [0.4, 0.5) is 5.69 Å². The Labute approximate surface area is 118 Å². The third-order valence-corrected chi connectivity index (χ3v) is 3.53. The minimum atomic E-state index is -0.877. The highest BCUT2D eigenvalue weighted by molar-refractivity contribution is 6.01. The Balaban J connectivity index is 2.33. The van der Waals surface area contributed by atoms with Crippen molar-refractivity contribution in [1.29, 1.82) is 0 Å². The Morgan fingerprint density at radius 1 is 1.45 bits per heavy atom. The monoisotopic (exact) mass is 277 g/mol. The molecule has 5 heteroatoms. The molecule has 0 saturated carbocycles. The van der Waals surface area contributed by atoms with Gasteiger partial charge in [-0.15, -0.1) is 0 Å². The fraction of sp³-hybridized carbons (Fsp3) is 0.467. The van der Waals surface area contributed by atoms with Gasteiger partial charge in [0.2, 0.25) is 0 Å². The largest absolute Gasteiger partial charge is 0.481 e. The number of hydrogen-bond donors (Lipinski definition) is 1. The molecule has 0 radical (unpaired) electrons. The maximum Gasteiger partial charge on any atom is 0.306 e. The first-order valence-corrected chi connectivity index (χ1v) is 6.55. The van der Waals surface area contributed by atoms with Crippen LogP contribution in [0.3, 0.4) is 0 Å². The predicted octanol–water partition coefficient (Wildman–Crippen LogP) is 2.08. The Bertz CT molecular complexity index is 565. The van der Waals surface area contributed by atoms with Gasteiger partial charge in [0.05, 0.1) is 11.6 Å². The first-order chi connectivity index (χ1) is 9.22. The molecule has 1 unspecified atom stereocenters. The number of hydrogen-bond acceptors (Lipinski definition) is 3. The van der Waals surface area contributed by atoms with E-state index in [1.165, 1.54) is 0 Å². The van der Waals surface area contributed by atoms with E-state index in [2.05, 4.69) is 0 Å². The summed E-state index contributed by atoms with van der Waals surface area (Å²) in [6, 6.07) is 5.46. The van der Waals surface area contributed by atoms with Crippen molar-refractivity contribution in [3.05, 3.63) is 23.8 Å². The van der Waals surface area contributed by atoms with Crippen LogP contribution in [0.2, 0.25) is 0 Å². The molecule has 0 aromatic heterocycles. The van der Waals surface area contributed by atoms with E-state index >= 15 is 0 Å². The smallest absolute Gasteiger partial charge is 0.306 e. The van der Waals surface area contributed by atoms with E-state index in [0.717, 1.165) is 5.56 Å². The number of carbonyl (C=O) groups excluding carboxylic acids is 1. The van der Waals surface area contributed by atoms with Gasteiger partial charge in [-0.05, 0) is 38.0 Å². The molecule has 1 atom stereocenters. The molecule has 108 valence electrons. The van der Waals surface area contributed by atoms with Crippen LogP contribution in [-0.2, 0) is 16.0 Å². The normalized spacial score (nSPS) is 18.2. The molecule has 20 heavy (non-hydrogen) atoms. The molecule has 1 aliphatic rings. The topological polar surface area (TPSA) is 66.8 Å². The van der Waals surface area contributed by atoms with Gasteiger partial charge in [0.25, 0.3) is 5.91 Å². The number of carboxylic acid groups (broad SMARTS) is 1. The Morgan fingerprint density at radius 2 is 2.10 bits per heavy atom. The molecule has 1 N–H and O–H groups in total. The lowest BCUT2D eigenvalue weighted by Gasteiger charge is -2.37. The van der Waals surface area contributed by atoms with Crippen LogP contribution in [-0.4, -0.2) is 29.6 Å². The number of benzene rings is 1. The third kappa shape index (κ3) is 2.48. The molecular formula is C15H19NO4. The molecular weight excluding hydrogens is 258 g/mol. The van der Waals surface area contributed by atoms with Gasteiger partial charge in [-0.25, -0.2) is 0 Å². The summed E-state index contributed by atoms with van der Waals surface area (Å²) in [5.41, 5.74) is 0.684. The number of carbonyl (C=O) groups is 2. The van der Waals surface area contributed by atoms with Gasteiger partial charge in [-0.3, -0.25) is 9.59 Å². The summed E-state index contributed by atoms with van der Waals surface area (Å²) in [7, 11) is 1.70. The van der Waals surface area contributed by atoms with Gasteiger partial charge < -0.3 is 14.7 Å². The highest BCUT2D eigenvalue weighted by Gasteiger charge is 2.39. The zero-order valence-corrected chi connectivity index (χ0v) is 12.1. The minimum Gasteiger partial charge on any atom is -0.481 e. The van der Waals surface area contributed by atoms with Gasteiger partial charge in [0.15, 0.2) is 5.60 Å². The predicted molar refractivity (Wildman–Crippen MR) is 75.1 cm³/mol. The molecule has 1 aromatic carbocycles. The van der Waals surface area contributed by atoms with E-state index in [4.69, 9.17) is 9.84 Å². The number of amides is 1. The van der Waals surface area contributed by atoms with Gasteiger partial charge in [-0.2, -0.15) is 0 Å². The lowest BCUT2D eigenvalue weighted by molar-refractivity contribution is -0.141. The second-order valence-corrected chi connectivity index (χ2v) is 5.72. The molecule has 0 saturated heterocycles. The van der Waals surface area contributed by atoms with Crippen LogP contribution in [0.15, 0.2) is 18.2 Å². The van der Waals surface area contributed by atoms with Crippen LogP contribution in [0.1, 0.15) is 26.3 Å². The third-order valence-electron chi connectivity index (χ3n) is 3.53. The van der Waals surface area contributed by atoms with Crippen LogP contribution >= 0.6 is 0 Å². The molecule has 0 fully saturated rings. The number of rotatable bonds is 3. The van der Waals surface area contributed by atoms with Crippen molar-refractivity contribution < 1.29 is 19.4 Å². The first-order valence-electron chi connectivity index (χ1n) is 6.55. The number of carboxylic acids is 1. The average molecular weight is 277 g/mol. The van der Waals surface area contributed by atoms with Crippen molar-refractivity contribution in [1.82, 2.24) is 0 Å². The van der Waals surface area contributed by atoms with E-state index in [9.17, 15) is 9.59 Å². The summed E-state index contributed by atoms with van der Waals surface area (Å²) in [6.45, 7) is 5.13.